The Labute approximate surface area is 169 Å². The van der Waals surface area contributed by atoms with E-state index < -0.39 is 0 Å². The van der Waals surface area contributed by atoms with Gasteiger partial charge < -0.3 is 15.0 Å². The Morgan fingerprint density at radius 2 is 1.79 bits per heavy atom. The van der Waals surface area contributed by atoms with Gasteiger partial charge in [-0.05, 0) is 36.8 Å². The third-order valence-electron chi connectivity index (χ3n) is 4.99. The number of morpholine rings is 1. The molecule has 146 valence electrons. The van der Waals surface area contributed by atoms with Crippen LogP contribution in [0.1, 0.15) is 5.56 Å². The molecule has 0 bridgehead atoms. The van der Waals surface area contributed by atoms with E-state index in [2.05, 4.69) is 34.4 Å². The lowest BCUT2D eigenvalue weighted by molar-refractivity contribution is 0.122. The molecule has 0 atom stereocenters. The second-order valence-corrected chi connectivity index (χ2v) is 7.10. The third kappa shape index (κ3) is 3.52. The molecule has 1 aliphatic heterocycles. The topological polar surface area (TPSA) is 68.1 Å². The third-order valence-corrected chi connectivity index (χ3v) is 4.99. The minimum absolute atomic E-state index is 0.681. The molecule has 1 N–H and O–H groups in total. The number of ether oxygens (including phenoxy) is 1. The number of rotatable bonds is 4. The van der Waals surface area contributed by atoms with Crippen molar-refractivity contribution in [2.45, 2.75) is 6.92 Å². The normalized spacial score (nSPS) is 14.3. The minimum atomic E-state index is 0.681. The quantitative estimate of drug-likeness (QED) is 0.577. The number of fused-ring (bicyclic) bond motifs is 1. The molecule has 1 fully saturated rings. The minimum Gasteiger partial charge on any atom is -0.378 e. The predicted molar refractivity (Wildman–Crippen MR) is 114 cm³/mol. The van der Waals surface area contributed by atoms with Gasteiger partial charge in [0.05, 0.1) is 30.5 Å². The Balaban J connectivity index is 1.65. The first kappa shape index (κ1) is 17.6. The number of hydrogen-bond donors (Lipinski definition) is 1. The van der Waals surface area contributed by atoms with Crippen LogP contribution < -0.4 is 10.2 Å². The summed E-state index contributed by atoms with van der Waals surface area (Å²) in [5.74, 6) is 1.44. The van der Waals surface area contributed by atoms with Gasteiger partial charge in [0.25, 0.3) is 0 Å². The summed E-state index contributed by atoms with van der Waals surface area (Å²) in [5, 5.41) is 8.95. The van der Waals surface area contributed by atoms with Gasteiger partial charge >= 0.3 is 0 Å². The first-order valence-electron chi connectivity index (χ1n) is 9.75. The summed E-state index contributed by atoms with van der Waals surface area (Å²) < 4.78 is 7.36. The molecule has 29 heavy (non-hydrogen) atoms. The van der Waals surface area contributed by atoms with E-state index in [0.29, 0.717) is 19.2 Å². The molecule has 4 aromatic rings. The zero-order valence-corrected chi connectivity index (χ0v) is 16.2. The van der Waals surface area contributed by atoms with E-state index in [-0.39, 0.29) is 0 Å². The lowest BCUT2D eigenvalue weighted by Gasteiger charge is -2.27. The van der Waals surface area contributed by atoms with Crippen LogP contribution in [0.2, 0.25) is 0 Å². The van der Waals surface area contributed by atoms with Crippen molar-refractivity contribution in [1.29, 1.82) is 0 Å². The molecule has 1 aliphatic rings. The summed E-state index contributed by atoms with van der Waals surface area (Å²) in [6, 6.07) is 18.3. The predicted octanol–water partition coefficient (Wildman–Crippen LogP) is 3.70. The van der Waals surface area contributed by atoms with Crippen LogP contribution in [0, 0.1) is 6.92 Å². The van der Waals surface area contributed by atoms with E-state index in [1.54, 1.807) is 0 Å². The highest BCUT2D eigenvalue weighted by Gasteiger charge is 2.19. The van der Waals surface area contributed by atoms with Crippen LogP contribution in [0.5, 0.6) is 0 Å². The maximum Gasteiger partial charge on any atom is 0.229 e. The lowest BCUT2D eigenvalue weighted by Crippen LogP contribution is -2.37. The number of anilines is 3. The van der Waals surface area contributed by atoms with E-state index in [1.807, 2.05) is 53.3 Å². The van der Waals surface area contributed by atoms with Gasteiger partial charge in [0, 0.05) is 18.8 Å². The molecular weight excluding hydrogens is 364 g/mol. The molecule has 0 aliphatic carbocycles. The fourth-order valence-corrected chi connectivity index (χ4v) is 3.51. The lowest BCUT2D eigenvalue weighted by atomic mass is 10.2. The first-order valence-corrected chi connectivity index (χ1v) is 9.75. The van der Waals surface area contributed by atoms with Gasteiger partial charge in [-0.25, -0.2) is 4.68 Å². The van der Waals surface area contributed by atoms with Crippen molar-refractivity contribution in [3.8, 4) is 5.69 Å². The smallest absolute Gasteiger partial charge is 0.229 e. The molecule has 0 radical (unpaired) electrons. The molecule has 3 heterocycles. The monoisotopic (exact) mass is 386 g/mol. The number of nitrogens with one attached hydrogen (secondary N) is 1. The van der Waals surface area contributed by atoms with Crippen molar-refractivity contribution in [3.05, 3.63) is 66.4 Å². The number of para-hydroxylation sites is 1. The van der Waals surface area contributed by atoms with Gasteiger partial charge in [-0.3, -0.25) is 0 Å². The Morgan fingerprint density at radius 1 is 0.966 bits per heavy atom. The highest BCUT2D eigenvalue weighted by molar-refractivity contribution is 5.90. The van der Waals surface area contributed by atoms with Crippen molar-refractivity contribution in [2.24, 2.45) is 0 Å². The van der Waals surface area contributed by atoms with Crippen molar-refractivity contribution < 1.29 is 4.74 Å². The van der Waals surface area contributed by atoms with Gasteiger partial charge in [-0.15, -0.1) is 0 Å². The van der Waals surface area contributed by atoms with Crippen molar-refractivity contribution in [3.63, 3.8) is 0 Å². The van der Waals surface area contributed by atoms with E-state index >= 15 is 0 Å². The first-order chi connectivity index (χ1) is 14.3. The maximum atomic E-state index is 5.50. The van der Waals surface area contributed by atoms with Crippen LogP contribution >= 0.6 is 0 Å². The average Bonchev–Trinajstić information content (AvgIpc) is 3.19. The Morgan fingerprint density at radius 3 is 2.59 bits per heavy atom. The largest absolute Gasteiger partial charge is 0.378 e. The molecule has 0 amide bonds. The zero-order chi connectivity index (χ0) is 19.6. The van der Waals surface area contributed by atoms with Gasteiger partial charge in [0.15, 0.2) is 5.65 Å². The molecule has 7 nitrogen and oxygen atoms in total. The Hall–Kier alpha value is -3.45. The summed E-state index contributed by atoms with van der Waals surface area (Å²) in [5.41, 5.74) is 3.93. The van der Waals surface area contributed by atoms with Gasteiger partial charge in [-0.2, -0.15) is 15.1 Å². The fraction of sp³-hybridized carbons (Fsp3) is 0.227. The summed E-state index contributed by atoms with van der Waals surface area (Å²) in [7, 11) is 0. The number of hydrogen-bond acceptors (Lipinski definition) is 6. The number of aromatic nitrogens is 4. The van der Waals surface area contributed by atoms with Gasteiger partial charge in [0.1, 0.15) is 5.82 Å². The van der Waals surface area contributed by atoms with E-state index in [0.717, 1.165) is 41.3 Å². The molecule has 0 saturated carbocycles. The van der Waals surface area contributed by atoms with Crippen LogP contribution in [0.15, 0.2) is 60.8 Å². The summed E-state index contributed by atoms with van der Waals surface area (Å²) in [6.45, 7) is 4.98. The van der Waals surface area contributed by atoms with Crippen LogP contribution in [0.4, 0.5) is 17.5 Å². The maximum absolute atomic E-state index is 5.50. The molecule has 2 aromatic carbocycles. The molecule has 0 spiro atoms. The van der Waals surface area contributed by atoms with E-state index in [9.17, 15) is 0 Å². The zero-order valence-electron chi connectivity index (χ0n) is 16.2. The highest BCUT2D eigenvalue weighted by atomic mass is 16.5. The fourth-order valence-electron chi connectivity index (χ4n) is 3.51. The SMILES string of the molecule is Cc1cccc(Nc2nc(N3CCOCC3)nc3c2cnn3-c2ccccc2)c1. The summed E-state index contributed by atoms with van der Waals surface area (Å²) in [4.78, 5) is 11.9. The average molecular weight is 386 g/mol. The van der Waals surface area contributed by atoms with E-state index in [1.165, 1.54) is 5.56 Å². The molecule has 1 saturated heterocycles. The standard InChI is InChI=1S/C22H22N6O/c1-16-6-5-7-17(14-16)24-20-19-15-23-28(18-8-3-2-4-9-18)21(19)26-22(25-20)27-10-12-29-13-11-27/h2-9,14-15H,10-13H2,1H3,(H,24,25,26). The van der Waals surface area contributed by atoms with Crippen LogP contribution in [-0.2, 0) is 4.74 Å². The second kappa shape index (κ2) is 7.52. The number of benzene rings is 2. The van der Waals surface area contributed by atoms with Crippen LogP contribution in [0.25, 0.3) is 16.7 Å². The van der Waals surface area contributed by atoms with Crippen molar-refractivity contribution in [2.75, 3.05) is 36.5 Å². The van der Waals surface area contributed by atoms with E-state index in [4.69, 9.17) is 14.7 Å². The second-order valence-electron chi connectivity index (χ2n) is 7.10. The Bertz CT molecular complexity index is 1130. The van der Waals surface area contributed by atoms with Crippen molar-refractivity contribution in [1.82, 2.24) is 19.7 Å². The van der Waals surface area contributed by atoms with Gasteiger partial charge in [0.2, 0.25) is 5.95 Å². The van der Waals surface area contributed by atoms with Gasteiger partial charge in [-0.1, -0.05) is 30.3 Å². The highest BCUT2D eigenvalue weighted by Crippen LogP contribution is 2.28. The van der Waals surface area contributed by atoms with Crippen LogP contribution in [0.3, 0.4) is 0 Å². The molecule has 7 heteroatoms. The summed E-state index contributed by atoms with van der Waals surface area (Å²) in [6.07, 6.45) is 1.82. The molecule has 0 unspecified atom stereocenters. The molecule has 2 aromatic heterocycles. The molecular formula is C22H22N6O. The number of aryl methyl sites for hydroxylation is 1. The summed E-state index contributed by atoms with van der Waals surface area (Å²) >= 11 is 0. The van der Waals surface area contributed by atoms with Crippen molar-refractivity contribution >= 4 is 28.5 Å². The molecule has 5 rings (SSSR count). The Kier molecular flexibility index (Phi) is 4.57. The number of nitrogens with zero attached hydrogens (tertiary/aromatic N) is 5. The van der Waals surface area contributed by atoms with Crippen LogP contribution in [-0.4, -0.2) is 46.1 Å².